The molecule has 568 valence electrons. The number of rotatable bonds is 12. The molecule has 22 rings (SSSR count). The Balaban J connectivity index is 0.000000149. The molecule has 0 spiro atoms. The van der Waals surface area contributed by atoms with Crippen molar-refractivity contribution in [2.45, 2.75) is 41.5 Å². The van der Waals surface area contributed by atoms with E-state index in [-0.39, 0.29) is 0 Å². The Morgan fingerprint density at radius 2 is 0.433 bits per heavy atom. The molecule has 10 nitrogen and oxygen atoms in total. The van der Waals surface area contributed by atoms with E-state index in [0.29, 0.717) is 34.9 Å². The second kappa shape index (κ2) is 30.0. The average Bonchev–Trinajstić information content (AvgIpc) is 1.43. The molecule has 0 bridgehead atoms. The maximum Gasteiger partial charge on any atom is 0.164 e. The van der Waals surface area contributed by atoms with E-state index in [1.807, 2.05) is 36.4 Å². The third-order valence-corrected chi connectivity index (χ3v) is 22.9. The van der Waals surface area contributed by atoms with Crippen LogP contribution < -0.4 is 0 Å². The SMILES string of the molecule is Cc1cc(C)cc(-c2nc(-c3ccc(-c4c5c(cc6c(-c7ccc(-c8ccccc8)cc7)nc7ccccc7c46)oc4ccccc45)cc3)nc(-c3cc(C)cc(C)c3)n2)c1.Cc1ccc(-c2nc(-c3ccc(C)cc3)nc(-c3ccc(-c4c5c(cc6c(-c7ccc(-c8ccccc8)cc7)nc7ccccc7c46)oc4ccccc45)cc3)n2)cc1. The van der Waals surface area contributed by atoms with Gasteiger partial charge < -0.3 is 8.83 Å². The van der Waals surface area contributed by atoms with Gasteiger partial charge in [0.25, 0.3) is 0 Å². The highest BCUT2D eigenvalue weighted by atomic mass is 16.3. The number of benzene rings is 16. The van der Waals surface area contributed by atoms with E-state index in [4.69, 9.17) is 48.7 Å². The van der Waals surface area contributed by atoms with Gasteiger partial charge in [0.15, 0.2) is 34.9 Å². The van der Waals surface area contributed by atoms with Crippen LogP contribution in [0.3, 0.4) is 0 Å². The van der Waals surface area contributed by atoms with Crippen LogP contribution in [0.15, 0.2) is 361 Å². The Hall–Kier alpha value is -15.5. The molecule has 0 radical (unpaired) electrons. The molecule has 120 heavy (non-hydrogen) atoms. The van der Waals surface area contributed by atoms with Crippen LogP contribution in [0.4, 0.5) is 0 Å². The first-order chi connectivity index (χ1) is 58.9. The molecular weight excluding hydrogens is 1470 g/mol. The third-order valence-electron chi connectivity index (χ3n) is 22.9. The van der Waals surface area contributed by atoms with Crippen molar-refractivity contribution in [1.29, 1.82) is 0 Å². The van der Waals surface area contributed by atoms with Crippen LogP contribution in [0.2, 0.25) is 0 Å². The molecule has 0 aliphatic heterocycles. The Morgan fingerprint density at radius 1 is 0.167 bits per heavy atom. The Labute approximate surface area is 693 Å². The van der Waals surface area contributed by atoms with Crippen molar-refractivity contribution in [3.8, 4) is 135 Å². The summed E-state index contributed by atoms with van der Waals surface area (Å²) in [6.07, 6.45) is 0. The summed E-state index contributed by atoms with van der Waals surface area (Å²) in [5.41, 5.74) is 30.8. The summed E-state index contributed by atoms with van der Waals surface area (Å²) in [5.74, 6) is 3.82. The van der Waals surface area contributed by atoms with E-state index in [0.717, 1.165) is 199 Å². The predicted molar refractivity (Wildman–Crippen MR) is 493 cm³/mol. The van der Waals surface area contributed by atoms with Crippen molar-refractivity contribution >= 4 is 87.2 Å². The van der Waals surface area contributed by atoms with Crippen molar-refractivity contribution < 1.29 is 8.83 Å². The van der Waals surface area contributed by atoms with E-state index in [9.17, 15) is 0 Å². The predicted octanol–water partition coefficient (Wildman–Crippen LogP) is 28.8. The summed E-state index contributed by atoms with van der Waals surface area (Å²) in [5, 5.41) is 10.8. The molecule has 16 aromatic carbocycles. The van der Waals surface area contributed by atoms with Gasteiger partial charge in [-0.25, -0.2) is 39.9 Å². The van der Waals surface area contributed by atoms with Crippen LogP contribution in [0.25, 0.3) is 223 Å². The zero-order valence-corrected chi connectivity index (χ0v) is 66.9. The molecule has 0 aliphatic carbocycles. The minimum atomic E-state index is 0.616. The van der Waals surface area contributed by atoms with Gasteiger partial charge >= 0.3 is 0 Å². The van der Waals surface area contributed by atoms with Crippen molar-refractivity contribution in [2.24, 2.45) is 0 Å². The zero-order valence-electron chi connectivity index (χ0n) is 66.9. The standard InChI is InChI=1S/C56H40N4O.C54H36N4O/c1-33-26-34(2)29-42(28-33)55-58-54(59-56(60-55)43-30-35(3)27-36(4)31-43)41-24-20-39(21-25-41)50-51-44-14-8-10-16-47(44)57-53(40-22-18-38(19-23-40)37-12-6-5-7-13-37)46(51)32-49-52(50)45-15-9-11-17-48(45)61-49;1-33-16-20-39(21-17-33)52-56-53(40-22-18-34(2)19-23-40)58-54(57-52)41-30-26-37(27-31-41)48-49-42-12-6-8-14-45(42)55-51(38-28-24-36(25-29-38)35-10-4-3-5-11-35)44(49)32-47-50(48)43-13-7-9-15-46(43)59-47/h5-32H,1-4H3;3-32H,1-2H3. The van der Waals surface area contributed by atoms with E-state index < -0.39 is 0 Å². The monoisotopic (exact) mass is 1540 g/mol. The second-order valence-corrected chi connectivity index (χ2v) is 31.4. The molecule has 6 heterocycles. The van der Waals surface area contributed by atoms with Gasteiger partial charge in [-0.15, -0.1) is 0 Å². The topological polar surface area (TPSA) is 129 Å². The van der Waals surface area contributed by atoms with Crippen LogP contribution in [-0.2, 0) is 0 Å². The number of pyridine rings is 2. The Bertz CT molecular complexity index is 7600. The lowest BCUT2D eigenvalue weighted by atomic mass is 9.89. The van der Waals surface area contributed by atoms with Gasteiger partial charge in [0.05, 0.1) is 22.4 Å². The van der Waals surface area contributed by atoms with Crippen LogP contribution in [-0.4, -0.2) is 39.9 Å². The van der Waals surface area contributed by atoms with Gasteiger partial charge in [-0.1, -0.05) is 325 Å². The first kappa shape index (κ1) is 72.2. The number of aromatic nitrogens is 8. The molecular formula is C110H76N8O2. The smallest absolute Gasteiger partial charge is 0.164 e. The molecule has 0 saturated carbocycles. The van der Waals surface area contributed by atoms with E-state index in [1.54, 1.807) is 0 Å². The largest absolute Gasteiger partial charge is 0.456 e. The number of aryl methyl sites for hydroxylation is 6. The molecule has 10 heteroatoms. The summed E-state index contributed by atoms with van der Waals surface area (Å²) in [4.78, 5) is 41.1. The number of hydrogen-bond donors (Lipinski definition) is 0. The van der Waals surface area contributed by atoms with Crippen LogP contribution >= 0.6 is 0 Å². The summed E-state index contributed by atoms with van der Waals surface area (Å²) in [6, 6.07) is 123. The number of hydrogen-bond acceptors (Lipinski definition) is 10. The fourth-order valence-corrected chi connectivity index (χ4v) is 17.3. The number of para-hydroxylation sites is 4. The molecule has 0 fully saturated rings. The fraction of sp³-hybridized carbons (Fsp3) is 0.0545. The average molecular weight is 1540 g/mol. The third kappa shape index (κ3) is 13.4. The molecule has 22 aromatic rings. The normalized spacial score (nSPS) is 11.6. The molecule has 6 aromatic heterocycles. The number of furan rings is 2. The summed E-state index contributed by atoms with van der Waals surface area (Å²) in [6.45, 7) is 12.6. The van der Waals surface area contributed by atoms with Crippen LogP contribution in [0, 0.1) is 41.5 Å². The minimum Gasteiger partial charge on any atom is -0.456 e. The highest BCUT2D eigenvalue weighted by Gasteiger charge is 2.26. The maximum atomic E-state index is 6.68. The van der Waals surface area contributed by atoms with Crippen molar-refractivity contribution in [3.05, 3.63) is 385 Å². The van der Waals surface area contributed by atoms with Crippen molar-refractivity contribution in [2.75, 3.05) is 0 Å². The summed E-state index contributed by atoms with van der Waals surface area (Å²) in [7, 11) is 0. The Kier molecular flexibility index (Phi) is 18.0. The van der Waals surface area contributed by atoms with Gasteiger partial charge in [0, 0.05) is 109 Å². The molecule has 0 atom stereocenters. The maximum absolute atomic E-state index is 6.68. The van der Waals surface area contributed by atoms with Gasteiger partial charge in [-0.05, 0) is 136 Å². The fourth-order valence-electron chi connectivity index (χ4n) is 17.3. The van der Waals surface area contributed by atoms with Gasteiger partial charge in [-0.3, -0.25) is 0 Å². The Morgan fingerprint density at radius 3 is 0.783 bits per heavy atom. The highest BCUT2D eigenvalue weighted by Crippen LogP contribution is 2.50. The van der Waals surface area contributed by atoms with E-state index >= 15 is 0 Å². The number of nitrogens with zero attached hydrogens (tertiary/aromatic N) is 8. The summed E-state index contributed by atoms with van der Waals surface area (Å²) >= 11 is 0. The highest BCUT2D eigenvalue weighted by molar-refractivity contribution is 6.29. The van der Waals surface area contributed by atoms with Gasteiger partial charge in [-0.2, -0.15) is 0 Å². The zero-order chi connectivity index (χ0) is 80.6. The summed E-state index contributed by atoms with van der Waals surface area (Å²) < 4.78 is 13.4. The quantitative estimate of drug-likeness (QED) is 0.109. The first-order valence-electron chi connectivity index (χ1n) is 40.6. The first-order valence-corrected chi connectivity index (χ1v) is 40.6. The van der Waals surface area contributed by atoms with Crippen LogP contribution in [0.5, 0.6) is 0 Å². The molecule has 0 N–H and O–H groups in total. The minimum absolute atomic E-state index is 0.616. The number of fused-ring (bicyclic) bond motifs is 12. The molecule has 0 saturated heterocycles. The lowest BCUT2D eigenvalue weighted by Crippen LogP contribution is -2.01. The van der Waals surface area contributed by atoms with Crippen LogP contribution in [0.1, 0.15) is 33.4 Å². The van der Waals surface area contributed by atoms with Crippen molar-refractivity contribution in [3.63, 3.8) is 0 Å². The van der Waals surface area contributed by atoms with Gasteiger partial charge in [0.1, 0.15) is 22.3 Å². The van der Waals surface area contributed by atoms with Gasteiger partial charge in [0.2, 0.25) is 0 Å². The molecule has 0 unspecified atom stereocenters. The van der Waals surface area contributed by atoms with Crippen molar-refractivity contribution in [1.82, 2.24) is 39.9 Å². The lowest BCUT2D eigenvalue weighted by Gasteiger charge is -2.16. The van der Waals surface area contributed by atoms with E-state index in [2.05, 4.69) is 357 Å². The molecule has 0 aliphatic rings. The second-order valence-electron chi connectivity index (χ2n) is 31.4. The molecule has 0 amide bonds. The van der Waals surface area contributed by atoms with E-state index in [1.165, 1.54) is 22.3 Å². The lowest BCUT2D eigenvalue weighted by molar-refractivity contribution is 0.669.